The Morgan fingerprint density at radius 2 is 1.88 bits per heavy atom. The number of sulfonamides is 1. The molecule has 2 aliphatic rings. The van der Waals surface area contributed by atoms with E-state index >= 15 is 0 Å². The molecule has 2 aliphatic heterocycles. The van der Waals surface area contributed by atoms with Crippen LogP contribution < -0.4 is 0 Å². The van der Waals surface area contributed by atoms with Crippen molar-refractivity contribution in [2.75, 3.05) is 25.4 Å². The Kier molecular flexibility index (Phi) is 8.51. The van der Waals surface area contributed by atoms with Gasteiger partial charge in [0.05, 0.1) is 21.2 Å². The normalized spacial score (nSPS) is 19.8. The van der Waals surface area contributed by atoms with Crippen molar-refractivity contribution in [3.63, 3.8) is 0 Å². The zero-order chi connectivity index (χ0) is 29.4. The number of hydrogen-bond donors (Lipinski definition) is 1. The van der Waals surface area contributed by atoms with Gasteiger partial charge in [0, 0.05) is 37.0 Å². The minimum absolute atomic E-state index is 0.167. The second-order valence-corrected chi connectivity index (χ2v) is 15.2. The van der Waals surface area contributed by atoms with E-state index in [9.17, 15) is 21.6 Å². The first-order valence-electron chi connectivity index (χ1n) is 12.9. The maximum atomic E-state index is 13.5. The standard InChI is InChI=1S/C27H28N4O6S4/c1-19-7-6-12-29(17-19)41(36,37)23-11-5-8-20(15-23)25-21(18-31(28-25)22-9-3-2-4-10-22)16-24-26(32)30(27(38)39-24)13-14-40(33,34)35/h2-5,8-11,15-16,18-19H,6-7,12-14,17H2,1H3,(H,33,34,35). The number of benzene rings is 2. The molecule has 2 fully saturated rings. The fraction of sp³-hybridized carbons (Fsp3) is 0.296. The zero-order valence-electron chi connectivity index (χ0n) is 22.1. The van der Waals surface area contributed by atoms with Gasteiger partial charge in [0.2, 0.25) is 10.0 Å². The SMILES string of the molecule is CC1CCCN(S(=O)(=O)c2cccc(-c3nn(-c4ccccc4)cc3C=C3SC(=S)N(CCS(=O)(=O)O)C3=O)c2)C1. The molecule has 1 aromatic heterocycles. The number of hydrogen-bond acceptors (Lipinski definition) is 8. The van der Waals surface area contributed by atoms with E-state index in [0.717, 1.165) is 35.2 Å². The highest BCUT2D eigenvalue weighted by Gasteiger charge is 2.33. The third kappa shape index (κ3) is 6.63. The summed E-state index contributed by atoms with van der Waals surface area (Å²) >= 11 is 6.31. The summed E-state index contributed by atoms with van der Waals surface area (Å²) in [5.74, 6) is -0.843. The summed E-state index contributed by atoms with van der Waals surface area (Å²) in [5, 5.41) is 4.76. The van der Waals surface area contributed by atoms with Crippen LogP contribution in [0.25, 0.3) is 23.0 Å². The van der Waals surface area contributed by atoms with Crippen LogP contribution in [-0.2, 0) is 24.9 Å². The molecule has 1 amide bonds. The van der Waals surface area contributed by atoms with Gasteiger partial charge in [0.1, 0.15) is 10.0 Å². The van der Waals surface area contributed by atoms with E-state index in [1.165, 1.54) is 4.31 Å². The van der Waals surface area contributed by atoms with Gasteiger partial charge in [-0.2, -0.15) is 17.8 Å². The third-order valence-corrected chi connectivity index (χ3v) is 10.8. The van der Waals surface area contributed by atoms with Gasteiger partial charge in [-0.1, -0.05) is 61.2 Å². The van der Waals surface area contributed by atoms with Gasteiger partial charge in [0.15, 0.2) is 0 Å². The van der Waals surface area contributed by atoms with Crippen LogP contribution in [0.2, 0.25) is 0 Å². The van der Waals surface area contributed by atoms with Crippen LogP contribution in [0.3, 0.4) is 0 Å². The van der Waals surface area contributed by atoms with Crippen LogP contribution in [0.15, 0.2) is 70.6 Å². The molecule has 1 atom stereocenters. The Hall–Kier alpha value is -2.88. The summed E-state index contributed by atoms with van der Waals surface area (Å²) in [5.41, 5.74) is 2.32. The van der Waals surface area contributed by atoms with Crippen molar-refractivity contribution in [3.8, 4) is 16.9 Å². The summed E-state index contributed by atoms with van der Waals surface area (Å²) in [6, 6.07) is 16.0. The Morgan fingerprint density at radius 3 is 2.59 bits per heavy atom. The van der Waals surface area contributed by atoms with E-state index < -0.39 is 31.8 Å². The monoisotopic (exact) mass is 632 g/mol. The van der Waals surface area contributed by atoms with E-state index in [0.29, 0.717) is 29.9 Å². The van der Waals surface area contributed by atoms with Gasteiger partial charge >= 0.3 is 0 Å². The molecule has 1 N–H and O–H groups in total. The quantitative estimate of drug-likeness (QED) is 0.222. The number of amides is 1. The molecule has 0 spiro atoms. The molecule has 0 aliphatic carbocycles. The Morgan fingerprint density at radius 1 is 1.12 bits per heavy atom. The Bertz CT molecular complexity index is 1740. The van der Waals surface area contributed by atoms with E-state index in [2.05, 4.69) is 0 Å². The maximum absolute atomic E-state index is 13.5. The number of thioether (sulfide) groups is 1. The van der Waals surface area contributed by atoms with E-state index in [-0.39, 0.29) is 26.6 Å². The first-order valence-corrected chi connectivity index (χ1v) is 17.2. The van der Waals surface area contributed by atoms with Crippen molar-refractivity contribution in [1.82, 2.24) is 19.0 Å². The van der Waals surface area contributed by atoms with Gasteiger partial charge in [-0.05, 0) is 49.1 Å². The summed E-state index contributed by atoms with van der Waals surface area (Å²) in [6.45, 7) is 2.72. The maximum Gasteiger partial charge on any atom is 0.266 e. The zero-order valence-corrected chi connectivity index (χ0v) is 25.3. The van der Waals surface area contributed by atoms with Crippen LogP contribution >= 0.6 is 24.0 Å². The number of aromatic nitrogens is 2. The minimum atomic E-state index is -4.28. The van der Waals surface area contributed by atoms with Crippen LogP contribution in [0, 0.1) is 5.92 Å². The van der Waals surface area contributed by atoms with Gasteiger partial charge in [-0.25, -0.2) is 13.1 Å². The first-order chi connectivity index (χ1) is 19.4. The van der Waals surface area contributed by atoms with Crippen molar-refractivity contribution in [2.45, 2.75) is 24.7 Å². The second-order valence-electron chi connectivity index (χ2n) is 9.97. The smallest absolute Gasteiger partial charge is 0.266 e. The molecule has 216 valence electrons. The summed E-state index contributed by atoms with van der Waals surface area (Å²) < 4.78 is 61.9. The fourth-order valence-electron chi connectivity index (χ4n) is 4.79. The largest absolute Gasteiger partial charge is 0.292 e. The lowest BCUT2D eigenvalue weighted by molar-refractivity contribution is -0.121. The number of carbonyl (C=O) groups is 1. The predicted octanol–water partition coefficient (Wildman–Crippen LogP) is 4.05. The van der Waals surface area contributed by atoms with E-state index in [4.69, 9.17) is 21.9 Å². The molecule has 1 unspecified atom stereocenters. The Labute approximate surface area is 248 Å². The number of nitrogens with zero attached hydrogens (tertiary/aromatic N) is 4. The van der Waals surface area contributed by atoms with E-state index in [1.807, 2.05) is 37.3 Å². The number of carbonyl (C=O) groups excluding carboxylic acids is 1. The number of thiocarbonyl (C=S) groups is 1. The molecule has 2 aromatic carbocycles. The van der Waals surface area contributed by atoms with Crippen molar-refractivity contribution in [1.29, 1.82) is 0 Å². The molecule has 0 bridgehead atoms. The van der Waals surface area contributed by atoms with Crippen LogP contribution in [0.5, 0.6) is 0 Å². The molecule has 10 nitrogen and oxygen atoms in total. The topological polar surface area (TPSA) is 130 Å². The second kappa shape index (κ2) is 11.8. The molecular formula is C27H28N4O6S4. The first kappa shape index (κ1) is 29.6. The van der Waals surface area contributed by atoms with E-state index in [1.54, 1.807) is 41.2 Å². The molecule has 3 aromatic rings. The Balaban J connectivity index is 1.54. The van der Waals surface area contributed by atoms with Gasteiger partial charge in [-0.15, -0.1) is 0 Å². The lowest BCUT2D eigenvalue weighted by atomic mass is 10.0. The molecule has 3 heterocycles. The molecular weight excluding hydrogens is 605 g/mol. The number of para-hydroxylation sites is 1. The highest BCUT2D eigenvalue weighted by Crippen LogP contribution is 2.35. The molecule has 14 heteroatoms. The summed E-state index contributed by atoms with van der Waals surface area (Å²) in [7, 11) is -8.00. The highest BCUT2D eigenvalue weighted by molar-refractivity contribution is 8.26. The van der Waals surface area contributed by atoms with Gasteiger partial charge in [0.25, 0.3) is 16.0 Å². The van der Waals surface area contributed by atoms with Crippen molar-refractivity contribution in [3.05, 3.63) is 71.3 Å². The van der Waals surface area contributed by atoms with Crippen LogP contribution in [0.4, 0.5) is 0 Å². The number of piperidine rings is 1. The van der Waals surface area contributed by atoms with Crippen molar-refractivity contribution >= 4 is 60.4 Å². The van der Waals surface area contributed by atoms with Crippen molar-refractivity contribution < 1.29 is 26.2 Å². The summed E-state index contributed by atoms with van der Waals surface area (Å²) in [6.07, 6.45) is 5.16. The van der Waals surface area contributed by atoms with Gasteiger partial charge < -0.3 is 0 Å². The number of rotatable bonds is 8. The predicted molar refractivity (Wildman–Crippen MR) is 162 cm³/mol. The lowest BCUT2D eigenvalue weighted by Crippen LogP contribution is -2.39. The average Bonchev–Trinajstić information content (AvgIpc) is 3.47. The third-order valence-electron chi connectivity index (χ3n) is 6.86. The lowest BCUT2D eigenvalue weighted by Gasteiger charge is -2.30. The van der Waals surface area contributed by atoms with Gasteiger partial charge in [-0.3, -0.25) is 14.2 Å². The average molecular weight is 633 g/mol. The molecule has 0 saturated carbocycles. The van der Waals surface area contributed by atoms with Crippen LogP contribution in [-0.4, -0.2) is 76.0 Å². The molecule has 41 heavy (non-hydrogen) atoms. The molecule has 5 rings (SSSR count). The minimum Gasteiger partial charge on any atom is -0.292 e. The molecule has 2 saturated heterocycles. The fourth-order valence-corrected chi connectivity index (χ4v) is 8.15. The van der Waals surface area contributed by atoms with Crippen LogP contribution in [0.1, 0.15) is 25.3 Å². The van der Waals surface area contributed by atoms with Crippen molar-refractivity contribution in [2.24, 2.45) is 5.92 Å². The molecule has 0 radical (unpaired) electrons. The summed E-state index contributed by atoms with van der Waals surface area (Å²) in [4.78, 5) is 14.7. The highest BCUT2D eigenvalue weighted by atomic mass is 32.2.